The van der Waals surface area contributed by atoms with E-state index in [4.69, 9.17) is 4.74 Å². The van der Waals surface area contributed by atoms with E-state index in [1.54, 1.807) is 6.07 Å². The molecule has 0 amide bonds. The van der Waals surface area contributed by atoms with Crippen LogP contribution in [-0.2, 0) is 12.7 Å². The number of benzene rings is 3. The molecule has 0 spiro atoms. The van der Waals surface area contributed by atoms with Crippen LogP contribution in [0.3, 0.4) is 0 Å². The molecule has 0 aliphatic carbocycles. The number of aryl methyl sites for hydroxylation is 3. The van der Waals surface area contributed by atoms with Crippen molar-refractivity contribution < 1.29 is 17.9 Å². The van der Waals surface area contributed by atoms with Crippen LogP contribution in [0.1, 0.15) is 34.4 Å². The van der Waals surface area contributed by atoms with Crippen molar-refractivity contribution in [1.82, 2.24) is 14.8 Å². The SMILES string of the molecule is Cc1cc(C)cc(CN2C[C@H]3C[C@@H]2CN3CCOc2cc(Nc3cc(C)nc4ccccc34)cc(C(F)(F)F)c2)c1. The molecule has 2 fully saturated rings. The summed E-state index contributed by atoms with van der Waals surface area (Å²) in [6.45, 7) is 10.1. The smallest absolute Gasteiger partial charge is 0.416 e. The molecule has 4 aromatic rings. The van der Waals surface area contributed by atoms with Gasteiger partial charge in [0, 0.05) is 66.8 Å². The van der Waals surface area contributed by atoms with Gasteiger partial charge in [0.15, 0.2) is 0 Å². The molecule has 1 N–H and O–H groups in total. The predicted molar refractivity (Wildman–Crippen MR) is 157 cm³/mol. The minimum Gasteiger partial charge on any atom is -0.492 e. The van der Waals surface area contributed by atoms with Gasteiger partial charge in [-0.05, 0) is 57.0 Å². The van der Waals surface area contributed by atoms with Gasteiger partial charge in [0.2, 0.25) is 0 Å². The monoisotopic (exact) mass is 560 g/mol. The highest BCUT2D eigenvalue weighted by Gasteiger charge is 2.42. The average molecular weight is 561 g/mol. The van der Waals surface area contributed by atoms with Gasteiger partial charge in [-0.1, -0.05) is 47.5 Å². The molecule has 2 aliphatic rings. The largest absolute Gasteiger partial charge is 0.492 e. The number of nitrogens with one attached hydrogen (secondary N) is 1. The third-order valence-electron chi connectivity index (χ3n) is 8.14. The Bertz CT molecular complexity index is 1550. The topological polar surface area (TPSA) is 40.6 Å². The lowest BCUT2D eigenvalue weighted by atomic mass is 10.1. The molecule has 1 aromatic heterocycles. The molecule has 8 heteroatoms. The van der Waals surface area contributed by atoms with Crippen LogP contribution in [0.2, 0.25) is 0 Å². The summed E-state index contributed by atoms with van der Waals surface area (Å²) in [5, 5.41) is 4.03. The molecule has 6 rings (SSSR count). The third-order valence-corrected chi connectivity index (χ3v) is 8.14. The number of alkyl halides is 3. The summed E-state index contributed by atoms with van der Waals surface area (Å²) in [6, 6.07) is 21.0. The summed E-state index contributed by atoms with van der Waals surface area (Å²) < 4.78 is 47.4. The van der Waals surface area contributed by atoms with Crippen molar-refractivity contribution in [3.05, 3.63) is 94.7 Å². The van der Waals surface area contributed by atoms with Crippen molar-refractivity contribution in [2.24, 2.45) is 0 Å². The summed E-state index contributed by atoms with van der Waals surface area (Å²) in [6.07, 6.45) is -3.36. The first-order valence-corrected chi connectivity index (χ1v) is 14.1. The third kappa shape index (κ3) is 6.19. The van der Waals surface area contributed by atoms with Crippen LogP contribution in [0, 0.1) is 20.8 Å². The van der Waals surface area contributed by atoms with Crippen molar-refractivity contribution in [2.45, 2.75) is 52.0 Å². The van der Waals surface area contributed by atoms with Gasteiger partial charge in [-0.25, -0.2) is 0 Å². The maximum Gasteiger partial charge on any atom is 0.416 e. The first-order chi connectivity index (χ1) is 19.6. The number of aromatic nitrogens is 1. The van der Waals surface area contributed by atoms with Crippen LogP contribution in [0.15, 0.2) is 66.7 Å². The molecule has 0 unspecified atom stereocenters. The van der Waals surface area contributed by atoms with Crippen molar-refractivity contribution in [3.8, 4) is 5.75 Å². The standard InChI is InChI=1S/C33H35F3N4O/c1-21-10-22(2)12-24(11-21)18-40-20-27-17-28(40)19-39(27)8-9-41-29-15-25(33(34,35)36)14-26(16-29)38-32-13-23(3)37-31-7-5-4-6-30(31)32/h4-7,10-16,27-28H,8-9,17-20H2,1-3H3,(H,37,38)/t27-,28-/m1/s1. The van der Waals surface area contributed by atoms with E-state index in [0.29, 0.717) is 36.6 Å². The van der Waals surface area contributed by atoms with E-state index < -0.39 is 11.7 Å². The van der Waals surface area contributed by atoms with Crippen molar-refractivity contribution in [2.75, 3.05) is 31.6 Å². The van der Waals surface area contributed by atoms with Gasteiger partial charge in [0.05, 0.1) is 11.1 Å². The highest BCUT2D eigenvalue weighted by atomic mass is 19.4. The van der Waals surface area contributed by atoms with Crippen LogP contribution in [0.5, 0.6) is 5.75 Å². The Morgan fingerprint density at radius 2 is 1.63 bits per heavy atom. The van der Waals surface area contributed by atoms with Gasteiger partial charge in [-0.3, -0.25) is 14.8 Å². The molecular weight excluding hydrogens is 525 g/mol. The molecule has 0 saturated carbocycles. The van der Waals surface area contributed by atoms with Gasteiger partial charge in [0.25, 0.3) is 0 Å². The number of hydrogen-bond donors (Lipinski definition) is 1. The number of ether oxygens (including phenoxy) is 1. The summed E-state index contributed by atoms with van der Waals surface area (Å²) >= 11 is 0. The quantitative estimate of drug-likeness (QED) is 0.246. The Morgan fingerprint density at radius 3 is 2.37 bits per heavy atom. The maximum atomic E-state index is 13.8. The molecule has 5 nitrogen and oxygen atoms in total. The fourth-order valence-corrected chi connectivity index (χ4v) is 6.46. The molecule has 2 bridgehead atoms. The summed E-state index contributed by atoms with van der Waals surface area (Å²) in [5.74, 6) is 0.207. The van der Waals surface area contributed by atoms with Gasteiger partial charge in [0.1, 0.15) is 12.4 Å². The first kappa shape index (κ1) is 27.5. The second-order valence-corrected chi connectivity index (χ2v) is 11.5. The molecule has 0 radical (unpaired) electrons. The van der Waals surface area contributed by atoms with E-state index in [0.717, 1.165) is 54.8 Å². The lowest BCUT2D eigenvalue weighted by molar-refractivity contribution is -0.137. The van der Waals surface area contributed by atoms with Gasteiger partial charge < -0.3 is 10.1 Å². The Kier molecular flexibility index (Phi) is 7.38. The second kappa shape index (κ2) is 11.0. The fraction of sp³-hybridized carbons (Fsp3) is 0.364. The Hall–Kier alpha value is -3.62. The number of pyridine rings is 1. The number of likely N-dealkylation sites (tertiary alicyclic amines) is 2. The molecule has 41 heavy (non-hydrogen) atoms. The molecule has 3 aromatic carbocycles. The van der Waals surface area contributed by atoms with E-state index in [1.165, 1.54) is 16.7 Å². The molecule has 3 heterocycles. The average Bonchev–Trinajstić information content (AvgIpc) is 3.48. The van der Waals surface area contributed by atoms with Crippen molar-refractivity contribution >= 4 is 22.3 Å². The first-order valence-electron chi connectivity index (χ1n) is 14.1. The van der Waals surface area contributed by atoms with Crippen LogP contribution in [0.25, 0.3) is 10.9 Å². The number of rotatable bonds is 8. The predicted octanol–water partition coefficient (Wildman–Crippen LogP) is 7.26. The van der Waals surface area contributed by atoms with Crippen LogP contribution < -0.4 is 10.1 Å². The van der Waals surface area contributed by atoms with E-state index in [1.807, 2.05) is 37.3 Å². The second-order valence-electron chi connectivity index (χ2n) is 11.5. The van der Waals surface area contributed by atoms with Gasteiger partial charge in [-0.15, -0.1) is 0 Å². The number of para-hydroxylation sites is 1. The van der Waals surface area contributed by atoms with Gasteiger partial charge in [-0.2, -0.15) is 13.2 Å². The zero-order valence-corrected chi connectivity index (χ0v) is 23.6. The number of halogens is 3. The number of fused-ring (bicyclic) bond motifs is 3. The van der Waals surface area contributed by atoms with Crippen LogP contribution in [0.4, 0.5) is 24.5 Å². The summed E-state index contributed by atoms with van der Waals surface area (Å²) in [5.41, 5.74) is 5.79. The van der Waals surface area contributed by atoms with Crippen LogP contribution in [-0.4, -0.2) is 53.1 Å². The zero-order valence-electron chi connectivity index (χ0n) is 23.6. The molecule has 2 saturated heterocycles. The summed E-state index contributed by atoms with van der Waals surface area (Å²) in [4.78, 5) is 9.51. The molecular formula is C33H35F3N4O. The molecule has 2 aliphatic heterocycles. The Balaban J connectivity index is 1.11. The summed E-state index contributed by atoms with van der Waals surface area (Å²) in [7, 11) is 0. The normalized spacial score (nSPS) is 19.3. The van der Waals surface area contributed by atoms with Gasteiger partial charge >= 0.3 is 6.18 Å². The number of piperazine rings is 1. The lowest BCUT2D eigenvalue weighted by Gasteiger charge is -2.34. The fourth-order valence-electron chi connectivity index (χ4n) is 6.46. The highest BCUT2D eigenvalue weighted by Crippen LogP contribution is 2.36. The number of hydrogen-bond acceptors (Lipinski definition) is 5. The number of nitrogens with zero attached hydrogens (tertiary/aromatic N) is 3. The Labute approximate surface area is 238 Å². The van der Waals surface area contributed by atoms with Crippen LogP contribution >= 0.6 is 0 Å². The highest BCUT2D eigenvalue weighted by molar-refractivity contribution is 5.93. The lowest BCUT2D eigenvalue weighted by Crippen LogP contribution is -2.47. The van der Waals surface area contributed by atoms with E-state index in [-0.39, 0.29) is 5.75 Å². The van der Waals surface area contributed by atoms with E-state index >= 15 is 0 Å². The van der Waals surface area contributed by atoms with E-state index in [2.05, 4.69) is 52.1 Å². The minimum absolute atomic E-state index is 0.207. The Morgan fingerprint density at radius 1 is 0.902 bits per heavy atom. The number of anilines is 2. The van der Waals surface area contributed by atoms with E-state index in [9.17, 15) is 13.2 Å². The van der Waals surface area contributed by atoms with Crippen molar-refractivity contribution in [3.63, 3.8) is 0 Å². The maximum absolute atomic E-state index is 13.8. The zero-order chi connectivity index (χ0) is 28.7. The minimum atomic E-state index is -4.49. The molecule has 214 valence electrons. The molecule has 2 atom stereocenters. The van der Waals surface area contributed by atoms with Crippen molar-refractivity contribution in [1.29, 1.82) is 0 Å².